The number of carboxylic acids is 1. The number of aromatic hydroxyl groups is 1. The Balaban J connectivity index is 3.02. The van der Waals surface area contributed by atoms with Gasteiger partial charge < -0.3 is 15.9 Å². The summed E-state index contributed by atoms with van der Waals surface area (Å²) in [7, 11) is 0. The normalized spacial score (nSPS) is 12.8. The summed E-state index contributed by atoms with van der Waals surface area (Å²) in [6.07, 6.45) is 0. The minimum Gasteiger partial charge on any atom is -0.507 e. The number of hydrogen-bond acceptors (Lipinski definition) is 4. The van der Waals surface area contributed by atoms with E-state index in [1.54, 1.807) is 6.92 Å². The summed E-state index contributed by atoms with van der Waals surface area (Å²) in [6.45, 7) is 1.78. The molecule has 1 heterocycles. The molecule has 0 saturated heterocycles. The average Bonchev–Trinajstić information content (AvgIpc) is 2.28. The van der Waals surface area contributed by atoms with Crippen molar-refractivity contribution in [3.63, 3.8) is 0 Å². The van der Waals surface area contributed by atoms with Crippen LogP contribution in [-0.2, 0) is 4.79 Å². The lowest BCUT2D eigenvalue weighted by Crippen LogP contribution is -2.19. The van der Waals surface area contributed by atoms with Gasteiger partial charge in [-0.1, -0.05) is 0 Å². The Bertz CT molecular complexity index is 308. The quantitative estimate of drug-likeness (QED) is 0.640. The molecule has 0 bridgehead atoms. The highest BCUT2D eigenvalue weighted by Gasteiger charge is 2.20. The summed E-state index contributed by atoms with van der Waals surface area (Å²) in [6, 6.07) is 0.381. The Morgan fingerprint density at radius 3 is 2.67 bits per heavy atom. The Kier molecular flexibility index (Phi) is 2.35. The number of aliphatic carboxylic acids is 1. The molecule has 4 nitrogen and oxygen atoms in total. The first kappa shape index (κ1) is 9.02. The second-order valence-electron chi connectivity index (χ2n) is 2.42. The van der Waals surface area contributed by atoms with Crippen LogP contribution in [0.3, 0.4) is 0 Å². The van der Waals surface area contributed by atoms with Crippen LogP contribution in [0.2, 0.25) is 0 Å². The number of carbonyl (C=O) groups is 1. The van der Waals surface area contributed by atoms with E-state index in [2.05, 4.69) is 0 Å². The first-order valence-electron chi connectivity index (χ1n) is 3.30. The van der Waals surface area contributed by atoms with Gasteiger partial charge >= 0.3 is 5.97 Å². The van der Waals surface area contributed by atoms with Gasteiger partial charge in [-0.2, -0.15) is 0 Å². The maximum absolute atomic E-state index is 10.4. The summed E-state index contributed by atoms with van der Waals surface area (Å²) >= 11 is 1.19. The van der Waals surface area contributed by atoms with Gasteiger partial charge in [-0.05, 0) is 13.0 Å². The third kappa shape index (κ3) is 1.57. The van der Waals surface area contributed by atoms with Crippen LogP contribution in [0.1, 0.15) is 15.8 Å². The van der Waals surface area contributed by atoms with E-state index in [0.717, 1.165) is 4.88 Å². The van der Waals surface area contributed by atoms with E-state index in [1.807, 2.05) is 0 Å². The van der Waals surface area contributed by atoms with Crippen LogP contribution < -0.4 is 5.73 Å². The Labute approximate surface area is 73.3 Å². The average molecular weight is 187 g/mol. The lowest BCUT2D eigenvalue weighted by molar-refractivity contribution is -0.138. The largest absolute Gasteiger partial charge is 0.507 e. The molecule has 0 saturated carbocycles. The SMILES string of the molecule is Cc1cc(O)c(C(N)C(=O)O)s1. The van der Waals surface area contributed by atoms with E-state index in [1.165, 1.54) is 17.4 Å². The van der Waals surface area contributed by atoms with Crippen LogP contribution in [0.4, 0.5) is 0 Å². The highest BCUT2D eigenvalue weighted by molar-refractivity contribution is 7.12. The van der Waals surface area contributed by atoms with Crippen molar-refractivity contribution in [2.24, 2.45) is 5.73 Å². The maximum Gasteiger partial charge on any atom is 0.326 e. The van der Waals surface area contributed by atoms with Gasteiger partial charge in [0.05, 0.1) is 4.88 Å². The molecule has 0 spiro atoms. The van der Waals surface area contributed by atoms with Gasteiger partial charge in [0.25, 0.3) is 0 Å². The van der Waals surface area contributed by atoms with Gasteiger partial charge in [0.1, 0.15) is 11.8 Å². The van der Waals surface area contributed by atoms with Crippen LogP contribution in [0.25, 0.3) is 0 Å². The predicted molar refractivity (Wildman–Crippen MR) is 45.3 cm³/mol. The summed E-state index contributed by atoms with van der Waals surface area (Å²) in [4.78, 5) is 11.6. The van der Waals surface area contributed by atoms with Gasteiger partial charge in [-0.3, -0.25) is 4.79 Å². The third-order valence-electron chi connectivity index (χ3n) is 1.41. The van der Waals surface area contributed by atoms with Crippen molar-refractivity contribution in [2.75, 3.05) is 0 Å². The topological polar surface area (TPSA) is 83.5 Å². The lowest BCUT2D eigenvalue weighted by Gasteiger charge is -2.02. The third-order valence-corrected chi connectivity index (χ3v) is 2.53. The van der Waals surface area contributed by atoms with Crippen LogP contribution in [-0.4, -0.2) is 16.2 Å². The van der Waals surface area contributed by atoms with Gasteiger partial charge in [0.2, 0.25) is 0 Å². The zero-order chi connectivity index (χ0) is 9.30. The number of rotatable bonds is 2. The molecule has 0 aliphatic heterocycles. The van der Waals surface area contributed by atoms with Gasteiger partial charge in [0, 0.05) is 4.88 Å². The fourth-order valence-corrected chi connectivity index (χ4v) is 1.76. The first-order chi connectivity index (χ1) is 5.52. The summed E-state index contributed by atoms with van der Waals surface area (Å²) in [5.41, 5.74) is 5.30. The summed E-state index contributed by atoms with van der Waals surface area (Å²) in [5.74, 6) is -1.17. The molecule has 0 aliphatic carbocycles. The van der Waals surface area contributed by atoms with Crippen molar-refractivity contribution >= 4 is 17.3 Å². The number of carboxylic acid groups (broad SMARTS) is 1. The number of thiophene rings is 1. The highest BCUT2D eigenvalue weighted by atomic mass is 32.1. The molecule has 1 aromatic heterocycles. The second-order valence-corrected chi connectivity index (χ2v) is 3.71. The monoisotopic (exact) mass is 187 g/mol. The minimum absolute atomic E-state index is 0.0348. The Morgan fingerprint density at radius 1 is 1.75 bits per heavy atom. The zero-order valence-corrected chi connectivity index (χ0v) is 7.26. The molecule has 5 heteroatoms. The summed E-state index contributed by atoms with van der Waals surface area (Å²) in [5, 5.41) is 17.8. The van der Waals surface area contributed by atoms with Crippen molar-refractivity contribution in [3.05, 3.63) is 15.8 Å². The molecule has 12 heavy (non-hydrogen) atoms. The van der Waals surface area contributed by atoms with E-state index in [-0.39, 0.29) is 5.75 Å². The molecule has 0 amide bonds. The van der Waals surface area contributed by atoms with Crippen molar-refractivity contribution in [1.29, 1.82) is 0 Å². The maximum atomic E-state index is 10.4. The van der Waals surface area contributed by atoms with Crippen molar-refractivity contribution in [2.45, 2.75) is 13.0 Å². The molecule has 0 radical (unpaired) electrons. The van der Waals surface area contributed by atoms with Crippen molar-refractivity contribution in [1.82, 2.24) is 0 Å². The molecule has 1 atom stereocenters. The highest BCUT2D eigenvalue weighted by Crippen LogP contribution is 2.31. The molecule has 0 fully saturated rings. The minimum atomic E-state index is -1.13. The molecule has 66 valence electrons. The van der Waals surface area contributed by atoms with E-state index in [0.29, 0.717) is 4.88 Å². The molecule has 0 aromatic carbocycles. The van der Waals surface area contributed by atoms with E-state index in [4.69, 9.17) is 10.8 Å². The smallest absolute Gasteiger partial charge is 0.326 e. The second kappa shape index (κ2) is 3.12. The van der Waals surface area contributed by atoms with Crippen LogP contribution in [0, 0.1) is 6.92 Å². The van der Waals surface area contributed by atoms with Gasteiger partial charge in [0.15, 0.2) is 0 Å². The van der Waals surface area contributed by atoms with Crippen LogP contribution >= 0.6 is 11.3 Å². The van der Waals surface area contributed by atoms with Gasteiger partial charge in [-0.15, -0.1) is 11.3 Å². The standard InChI is InChI=1S/C7H9NO3S/c1-3-2-4(9)6(12-3)5(8)7(10)11/h2,5,9H,8H2,1H3,(H,10,11). The molecule has 1 rings (SSSR count). The van der Waals surface area contributed by atoms with E-state index in [9.17, 15) is 9.90 Å². The number of aryl methyl sites for hydroxylation is 1. The van der Waals surface area contributed by atoms with Crippen LogP contribution in [0.5, 0.6) is 5.75 Å². The molecule has 4 N–H and O–H groups in total. The van der Waals surface area contributed by atoms with Crippen LogP contribution in [0.15, 0.2) is 6.07 Å². The molecular formula is C7H9NO3S. The lowest BCUT2D eigenvalue weighted by atomic mass is 10.2. The van der Waals surface area contributed by atoms with E-state index >= 15 is 0 Å². The molecule has 1 unspecified atom stereocenters. The first-order valence-corrected chi connectivity index (χ1v) is 4.11. The predicted octanol–water partition coefficient (Wildman–Crippen LogP) is 0.847. The van der Waals surface area contributed by atoms with E-state index < -0.39 is 12.0 Å². The summed E-state index contributed by atoms with van der Waals surface area (Å²) < 4.78 is 0. The number of hydrogen-bond donors (Lipinski definition) is 3. The Morgan fingerprint density at radius 2 is 2.33 bits per heavy atom. The molecule has 1 aromatic rings. The van der Waals surface area contributed by atoms with Gasteiger partial charge in [-0.25, -0.2) is 0 Å². The molecular weight excluding hydrogens is 178 g/mol. The number of nitrogens with two attached hydrogens (primary N) is 1. The zero-order valence-electron chi connectivity index (χ0n) is 6.44. The molecule has 0 aliphatic rings. The Hall–Kier alpha value is -1.07. The fourth-order valence-electron chi connectivity index (χ4n) is 0.854. The van der Waals surface area contributed by atoms with Crippen molar-refractivity contribution in [3.8, 4) is 5.75 Å². The fraction of sp³-hybridized carbons (Fsp3) is 0.286. The van der Waals surface area contributed by atoms with Crippen molar-refractivity contribution < 1.29 is 15.0 Å².